The number of carbonyl (C=O) groups excluding carboxylic acids is 1. The Kier molecular flexibility index (Phi) is 9.48. The van der Waals surface area contributed by atoms with Gasteiger partial charge in [-0.05, 0) is 34.9 Å². The van der Waals surface area contributed by atoms with Gasteiger partial charge in [0.15, 0.2) is 17.5 Å². The SMILES string of the molecule is O=C(N[C@@H](COCc1ccccc1)C(=O)O)c1ccc(OCc2ccccc2)c(OCc2ccccc2)c1. The van der Waals surface area contributed by atoms with E-state index in [0.29, 0.717) is 18.1 Å². The fourth-order valence-corrected chi connectivity index (χ4v) is 3.64. The number of aliphatic carboxylic acids is 1. The van der Waals surface area contributed by atoms with Crippen LogP contribution in [0.25, 0.3) is 0 Å². The van der Waals surface area contributed by atoms with Crippen LogP contribution in [0.3, 0.4) is 0 Å². The fourth-order valence-electron chi connectivity index (χ4n) is 3.64. The topological polar surface area (TPSA) is 94.1 Å². The third-order valence-electron chi connectivity index (χ3n) is 5.68. The van der Waals surface area contributed by atoms with Crippen molar-refractivity contribution >= 4 is 11.9 Å². The molecule has 0 saturated heterocycles. The summed E-state index contributed by atoms with van der Waals surface area (Å²) >= 11 is 0. The van der Waals surface area contributed by atoms with Gasteiger partial charge in [-0.2, -0.15) is 0 Å². The lowest BCUT2D eigenvalue weighted by Gasteiger charge is -2.17. The van der Waals surface area contributed by atoms with Crippen LogP contribution in [0.5, 0.6) is 11.5 Å². The molecule has 4 aromatic carbocycles. The van der Waals surface area contributed by atoms with Crippen LogP contribution in [0.1, 0.15) is 27.0 Å². The van der Waals surface area contributed by atoms with E-state index in [-0.39, 0.29) is 25.4 Å². The minimum atomic E-state index is -1.21. The predicted molar refractivity (Wildman–Crippen MR) is 143 cm³/mol. The number of hydrogen-bond acceptors (Lipinski definition) is 5. The number of hydrogen-bond donors (Lipinski definition) is 2. The highest BCUT2D eigenvalue weighted by Gasteiger charge is 2.22. The molecule has 0 saturated carbocycles. The summed E-state index contributed by atoms with van der Waals surface area (Å²) in [5, 5.41) is 12.2. The number of ether oxygens (including phenoxy) is 3. The molecule has 0 bridgehead atoms. The zero-order valence-electron chi connectivity index (χ0n) is 20.8. The molecule has 7 heteroatoms. The molecule has 0 aliphatic heterocycles. The molecule has 0 aliphatic carbocycles. The van der Waals surface area contributed by atoms with Gasteiger partial charge < -0.3 is 24.6 Å². The van der Waals surface area contributed by atoms with Crippen molar-refractivity contribution in [1.82, 2.24) is 5.32 Å². The molecule has 4 rings (SSSR count). The number of carboxylic acids is 1. The van der Waals surface area contributed by atoms with Gasteiger partial charge in [0.05, 0.1) is 13.2 Å². The van der Waals surface area contributed by atoms with Crippen molar-refractivity contribution in [2.45, 2.75) is 25.9 Å². The maximum Gasteiger partial charge on any atom is 0.328 e. The molecule has 0 heterocycles. The van der Waals surface area contributed by atoms with Crippen LogP contribution >= 0.6 is 0 Å². The number of benzene rings is 4. The second-order valence-corrected chi connectivity index (χ2v) is 8.58. The summed E-state index contributed by atoms with van der Waals surface area (Å²) in [6.07, 6.45) is 0. The number of nitrogens with one attached hydrogen (secondary N) is 1. The lowest BCUT2D eigenvalue weighted by Crippen LogP contribution is -2.44. The van der Waals surface area contributed by atoms with Crippen LogP contribution in [0, 0.1) is 0 Å². The van der Waals surface area contributed by atoms with Crippen molar-refractivity contribution in [1.29, 1.82) is 0 Å². The van der Waals surface area contributed by atoms with Crippen LogP contribution in [0.15, 0.2) is 109 Å². The Hall–Kier alpha value is -4.62. The highest BCUT2D eigenvalue weighted by Crippen LogP contribution is 2.30. The molecule has 0 aliphatic rings. The first-order chi connectivity index (χ1) is 18.6. The van der Waals surface area contributed by atoms with Gasteiger partial charge in [0.25, 0.3) is 5.91 Å². The molecule has 0 aromatic heterocycles. The zero-order valence-corrected chi connectivity index (χ0v) is 20.8. The summed E-state index contributed by atoms with van der Waals surface area (Å²) in [6.45, 7) is 0.670. The Balaban J connectivity index is 1.44. The Morgan fingerprint density at radius 3 is 1.68 bits per heavy atom. The van der Waals surface area contributed by atoms with Crippen molar-refractivity contribution in [3.05, 3.63) is 131 Å². The third-order valence-corrected chi connectivity index (χ3v) is 5.68. The number of rotatable bonds is 13. The summed E-state index contributed by atoms with van der Waals surface area (Å²) in [5.41, 5.74) is 3.10. The zero-order chi connectivity index (χ0) is 26.6. The molecule has 7 nitrogen and oxygen atoms in total. The Labute approximate surface area is 221 Å². The summed E-state index contributed by atoms with van der Waals surface area (Å²) in [4.78, 5) is 24.8. The predicted octanol–water partition coefficient (Wildman–Crippen LogP) is 5.24. The third kappa shape index (κ3) is 7.94. The van der Waals surface area contributed by atoms with E-state index in [2.05, 4.69) is 5.32 Å². The van der Waals surface area contributed by atoms with Crippen LogP contribution in [0.4, 0.5) is 0 Å². The monoisotopic (exact) mass is 511 g/mol. The van der Waals surface area contributed by atoms with E-state index in [1.54, 1.807) is 18.2 Å². The van der Waals surface area contributed by atoms with E-state index >= 15 is 0 Å². The van der Waals surface area contributed by atoms with Crippen molar-refractivity contribution in [2.75, 3.05) is 6.61 Å². The first-order valence-electron chi connectivity index (χ1n) is 12.2. The van der Waals surface area contributed by atoms with Gasteiger partial charge >= 0.3 is 5.97 Å². The molecule has 1 amide bonds. The van der Waals surface area contributed by atoms with Crippen molar-refractivity contribution in [3.8, 4) is 11.5 Å². The van der Waals surface area contributed by atoms with Gasteiger partial charge in [-0.25, -0.2) is 4.79 Å². The van der Waals surface area contributed by atoms with Gasteiger partial charge in [-0.3, -0.25) is 4.79 Å². The van der Waals surface area contributed by atoms with Crippen molar-refractivity contribution < 1.29 is 28.9 Å². The first-order valence-corrected chi connectivity index (χ1v) is 12.2. The molecular weight excluding hydrogens is 482 g/mol. The average molecular weight is 512 g/mol. The molecule has 1 atom stereocenters. The molecule has 0 spiro atoms. The number of amides is 1. The molecule has 38 heavy (non-hydrogen) atoms. The van der Waals surface area contributed by atoms with Gasteiger partial charge in [0.2, 0.25) is 0 Å². The van der Waals surface area contributed by atoms with E-state index in [4.69, 9.17) is 14.2 Å². The molecule has 0 radical (unpaired) electrons. The maximum absolute atomic E-state index is 13.0. The Bertz CT molecular complexity index is 1310. The first kappa shape index (κ1) is 26.4. The average Bonchev–Trinajstić information content (AvgIpc) is 2.96. The molecular formula is C31H29NO6. The van der Waals surface area contributed by atoms with E-state index in [9.17, 15) is 14.7 Å². The van der Waals surface area contributed by atoms with Gasteiger partial charge in [-0.1, -0.05) is 91.0 Å². The molecule has 4 aromatic rings. The summed E-state index contributed by atoms with van der Waals surface area (Å²) < 4.78 is 17.6. The Morgan fingerprint density at radius 1 is 0.658 bits per heavy atom. The summed E-state index contributed by atoms with van der Waals surface area (Å²) in [6, 6.07) is 32.3. The van der Waals surface area contributed by atoms with Gasteiger partial charge in [-0.15, -0.1) is 0 Å². The second kappa shape index (κ2) is 13.6. The lowest BCUT2D eigenvalue weighted by atomic mass is 10.1. The second-order valence-electron chi connectivity index (χ2n) is 8.58. The molecule has 194 valence electrons. The van der Waals surface area contributed by atoms with E-state index in [1.165, 1.54) is 0 Å². The Morgan fingerprint density at radius 2 is 1.16 bits per heavy atom. The molecule has 2 N–H and O–H groups in total. The highest BCUT2D eigenvalue weighted by molar-refractivity contribution is 5.97. The normalized spacial score (nSPS) is 11.4. The van der Waals surface area contributed by atoms with Gasteiger partial charge in [0, 0.05) is 5.56 Å². The number of carbonyl (C=O) groups is 2. The fraction of sp³-hybridized carbons (Fsp3) is 0.161. The van der Waals surface area contributed by atoms with Crippen LogP contribution < -0.4 is 14.8 Å². The quantitative estimate of drug-likeness (QED) is 0.255. The number of carboxylic acid groups (broad SMARTS) is 1. The van der Waals surface area contributed by atoms with E-state index in [0.717, 1.165) is 16.7 Å². The largest absolute Gasteiger partial charge is 0.485 e. The minimum absolute atomic E-state index is 0.175. The smallest absolute Gasteiger partial charge is 0.328 e. The lowest BCUT2D eigenvalue weighted by molar-refractivity contribution is -0.141. The summed E-state index contributed by atoms with van der Waals surface area (Å²) in [5.74, 6) is -0.887. The van der Waals surface area contributed by atoms with Crippen LogP contribution in [0.2, 0.25) is 0 Å². The minimum Gasteiger partial charge on any atom is -0.485 e. The standard InChI is InChI=1S/C31H29NO6/c33-30(32-27(31(34)35)22-36-19-23-10-4-1-5-11-23)26-16-17-28(37-20-24-12-6-2-7-13-24)29(18-26)38-21-25-14-8-3-9-15-25/h1-18,27H,19-22H2,(H,32,33)(H,34,35)/t27-/m0/s1. The van der Waals surface area contributed by atoms with E-state index in [1.807, 2.05) is 91.0 Å². The van der Waals surface area contributed by atoms with E-state index < -0.39 is 17.9 Å². The molecule has 0 fully saturated rings. The van der Waals surface area contributed by atoms with Crippen LogP contribution in [-0.2, 0) is 29.4 Å². The molecule has 0 unspecified atom stereocenters. The van der Waals surface area contributed by atoms with Crippen LogP contribution in [-0.4, -0.2) is 29.6 Å². The summed E-state index contributed by atoms with van der Waals surface area (Å²) in [7, 11) is 0. The van der Waals surface area contributed by atoms with Crippen molar-refractivity contribution in [3.63, 3.8) is 0 Å². The van der Waals surface area contributed by atoms with Gasteiger partial charge in [0.1, 0.15) is 13.2 Å². The van der Waals surface area contributed by atoms with Crippen molar-refractivity contribution in [2.24, 2.45) is 0 Å². The highest BCUT2D eigenvalue weighted by atomic mass is 16.5. The maximum atomic E-state index is 13.0.